The Morgan fingerprint density at radius 3 is 2.71 bits per heavy atom. The van der Waals surface area contributed by atoms with Crippen LogP contribution in [0.3, 0.4) is 0 Å². The van der Waals surface area contributed by atoms with E-state index in [1.54, 1.807) is 19.1 Å². The van der Waals surface area contributed by atoms with E-state index in [0.717, 1.165) is 4.90 Å². The topological polar surface area (TPSA) is 108 Å². The molecule has 1 aromatic heterocycles. The lowest BCUT2D eigenvalue weighted by Crippen LogP contribution is -2.38. The van der Waals surface area contributed by atoms with Crippen molar-refractivity contribution in [2.45, 2.75) is 6.92 Å². The van der Waals surface area contributed by atoms with Gasteiger partial charge < -0.3 is 15.0 Å². The highest BCUT2D eigenvalue weighted by Gasteiger charge is 2.19. The number of amides is 2. The number of ether oxygens (including phenoxy) is 1. The summed E-state index contributed by atoms with van der Waals surface area (Å²) in [6.45, 7) is 0.0186. The quantitative estimate of drug-likeness (QED) is 0.545. The van der Waals surface area contributed by atoms with E-state index in [2.05, 4.69) is 15.3 Å². The molecule has 0 radical (unpaired) electrons. The Kier molecular flexibility index (Phi) is 7.71. The van der Waals surface area contributed by atoms with Crippen molar-refractivity contribution in [2.75, 3.05) is 25.4 Å². The Bertz CT molecular complexity index is 1300. The fourth-order valence-corrected chi connectivity index (χ4v) is 3.14. The van der Waals surface area contributed by atoms with Crippen LogP contribution in [0.4, 0.5) is 14.5 Å². The van der Waals surface area contributed by atoms with Crippen molar-refractivity contribution in [3.05, 3.63) is 70.4 Å². The minimum absolute atomic E-state index is 0.000247. The highest BCUT2D eigenvalue weighted by molar-refractivity contribution is 6.32. The Hall–Kier alpha value is -4.10. The molecule has 8 nitrogen and oxygen atoms in total. The van der Waals surface area contributed by atoms with Gasteiger partial charge in [0.2, 0.25) is 18.6 Å². The average molecular weight is 486 g/mol. The standard InChI is InChI=1S/C23H18ClF2N5O3/c1-13-3-5-15(8-17(13)26)21-16(24)10-28-22(30-21)23(33)29-11-20(32)31(2)18-6-4-14(9-27)7-19(18)34-12-25/h3-8,10H,11-12H2,1-2H3,(H,29,33). The second-order valence-electron chi connectivity index (χ2n) is 7.04. The van der Waals surface area contributed by atoms with Crippen molar-refractivity contribution in [3.8, 4) is 23.1 Å². The number of anilines is 1. The Morgan fingerprint density at radius 2 is 2.03 bits per heavy atom. The number of carbonyl (C=O) groups excluding carboxylic acids is 2. The summed E-state index contributed by atoms with van der Waals surface area (Å²) in [5.74, 6) is -2.04. The van der Waals surface area contributed by atoms with Crippen LogP contribution in [0.2, 0.25) is 5.02 Å². The first kappa shape index (κ1) is 24.5. The number of hydrogen-bond acceptors (Lipinski definition) is 6. The number of benzene rings is 2. The summed E-state index contributed by atoms with van der Waals surface area (Å²) in [5.41, 5.74) is 1.40. The Labute approximate surface area is 198 Å². The molecule has 0 saturated carbocycles. The largest absolute Gasteiger partial charge is 0.461 e. The first-order valence-electron chi connectivity index (χ1n) is 9.82. The van der Waals surface area contributed by atoms with E-state index >= 15 is 0 Å². The number of nitrogens with zero attached hydrogens (tertiary/aromatic N) is 4. The normalized spacial score (nSPS) is 10.4. The number of rotatable bonds is 7. The molecule has 3 aromatic rings. The molecule has 0 saturated heterocycles. The highest BCUT2D eigenvalue weighted by atomic mass is 35.5. The van der Waals surface area contributed by atoms with E-state index in [9.17, 15) is 18.4 Å². The van der Waals surface area contributed by atoms with Gasteiger partial charge in [0.05, 0.1) is 40.8 Å². The van der Waals surface area contributed by atoms with Crippen molar-refractivity contribution in [1.29, 1.82) is 5.26 Å². The second kappa shape index (κ2) is 10.7. The minimum Gasteiger partial charge on any atom is -0.461 e. The Morgan fingerprint density at radius 1 is 1.26 bits per heavy atom. The van der Waals surface area contributed by atoms with Gasteiger partial charge in [0.1, 0.15) is 11.6 Å². The number of carbonyl (C=O) groups is 2. The van der Waals surface area contributed by atoms with Gasteiger partial charge in [0.15, 0.2) is 0 Å². The number of halogens is 3. The van der Waals surface area contributed by atoms with E-state index in [0.29, 0.717) is 11.1 Å². The van der Waals surface area contributed by atoms with Gasteiger partial charge in [-0.2, -0.15) is 5.26 Å². The maximum Gasteiger partial charge on any atom is 0.289 e. The second-order valence-corrected chi connectivity index (χ2v) is 7.44. The average Bonchev–Trinajstić information content (AvgIpc) is 2.84. The minimum atomic E-state index is -1.15. The molecule has 0 spiro atoms. The van der Waals surface area contributed by atoms with E-state index in [1.807, 2.05) is 6.07 Å². The van der Waals surface area contributed by atoms with Gasteiger partial charge in [-0.25, -0.2) is 18.7 Å². The van der Waals surface area contributed by atoms with Crippen LogP contribution in [-0.4, -0.2) is 42.2 Å². The van der Waals surface area contributed by atoms with Gasteiger partial charge in [-0.15, -0.1) is 0 Å². The van der Waals surface area contributed by atoms with Crippen LogP contribution in [0.15, 0.2) is 42.6 Å². The van der Waals surface area contributed by atoms with Gasteiger partial charge in [0.25, 0.3) is 5.91 Å². The summed E-state index contributed by atoms with van der Waals surface area (Å²) in [7, 11) is 1.41. The fourth-order valence-electron chi connectivity index (χ4n) is 2.94. The van der Waals surface area contributed by atoms with Crippen molar-refractivity contribution >= 4 is 29.1 Å². The van der Waals surface area contributed by atoms with Crippen LogP contribution in [-0.2, 0) is 4.79 Å². The molecular weight excluding hydrogens is 468 g/mol. The molecule has 0 aliphatic rings. The fraction of sp³-hybridized carbons (Fsp3) is 0.174. The molecule has 2 amide bonds. The summed E-state index contributed by atoms with van der Waals surface area (Å²) < 4.78 is 31.5. The van der Waals surface area contributed by atoms with E-state index in [-0.39, 0.29) is 33.5 Å². The van der Waals surface area contributed by atoms with Gasteiger partial charge in [-0.3, -0.25) is 9.59 Å². The number of hydrogen-bond donors (Lipinski definition) is 1. The lowest BCUT2D eigenvalue weighted by atomic mass is 10.1. The lowest BCUT2D eigenvalue weighted by Gasteiger charge is -2.20. The van der Waals surface area contributed by atoms with E-state index in [1.165, 1.54) is 37.5 Å². The first-order valence-corrected chi connectivity index (χ1v) is 10.2. The SMILES string of the molecule is Cc1ccc(-c2nc(C(=O)NCC(=O)N(C)c3ccc(C#N)cc3OCF)ncc2Cl)cc1F. The third kappa shape index (κ3) is 5.44. The predicted molar refractivity (Wildman–Crippen MR) is 121 cm³/mol. The molecule has 11 heteroatoms. The lowest BCUT2D eigenvalue weighted by molar-refractivity contribution is -0.117. The van der Waals surface area contributed by atoms with Crippen LogP contribution in [0.5, 0.6) is 5.75 Å². The number of nitriles is 1. The van der Waals surface area contributed by atoms with Crippen LogP contribution in [0.1, 0.15) is 21.7 Å². The van der Waals surface area contributed by atoms with Crippen LogP contribution in [0.25, 0.3) is 11.3 Å². The summed E-state index contributed by atoms with van der Waals surface area (Å²) in [6.07, 6.45) is 1.21. The molecule has 2 aromatic carbocycles. The number of likely N-dealkylation sites (N-methyl/N-ethyl adjacent to an activating group) is 1. The van der Waals surface area contributed by atoms with Crippen molar-refractivity contribution in [2.24, 2.45) is 0 Å². The molecule has 0 unspecified atom stereocenters. The van der Waals surface area contributed by atoms with Crippen LogP contribution in [0, 0.1) is 24.1 Å². The van der Waals surface area contributed by atoms with Crippen molar-refractivity contribution in [1.82, 2.24) is 15.3 Å². The van der Waals surface area contributed by atoms with Gasteiger partial charge >= 0.3 is 0 Å². The van der Waals surface area contributed by atoms with Crippen LogP contribution >= 0.6 is 11.6 Å². The maximum atomic E-state index is 13.9. The molecule has 1 heterocycles. The first-order chi connectivity index (χ1) is 16.2. The molecule has 34 heavy (non-hydrogen) atoms. The summed E-state index contributed by atoms with van der Waals surface area (Å²) in [4.78, 5) is 34.3. The summed E-state index contributed by atoms with van der Waals surface area (Å²) in [6, 6.07) is 10.5. The molecule has 0 aliphatic heterocycles. The monoisotopic (exact) mass is 485 g/mol. The number of alkyl halides is 1. The summed E-state index contributed by atoms with van der Waals surface area (Å²) in [5, 5.41) is 11.5. The molecule has 0 atom stereocenters. The van der Waals surface area contributed by atoms with Crippen LogP contribution < -0.4 is 15.0 Å². The zero-order valence-electron chi connectivity index (χ0n) is 18.1. The molecule has 0 aliphatic carbocycles. The highest BCUT2D eigenvalue weighted by Crippen LogP contribution is 2.29. The zero-order chi connectivity index (χ0) is 24.8. The number of aryl methyl sites for hydroxylation is 1. The smallest absolute Gasteiger partial charge is 0.289 e. The molecule has 174 valence electrons. The predicted octanol–water partition coefficient (Wildman–Crippen LogP) is 3.81. The van der Waals surface area contributed by atoms with Crippen molar-refractivity contribution < 1.29 is 23.1 Å². The molecular formula is C23H18ClF2N5O3. The number of nitrogens with one attached hydrogen (secondary N) is 1. The van der Waals surface area contributed by atoms with Gasteiger partial charge in [-0.05, 0) is 30.7 Å². The third-order valence-corrected chi connectivity index (χ3v) is 5.10. The van der Waals surface area contributed by atoms with E-state index in [4.69, 9.17) is 21.6 Å². The van der Waals surface area contributed by atoms with Crippen molar-refractivity contribution in [3.63, 3.8) is 0 Å². The molecule has 0 fully saturated rings. The summed E-state index contributed by atoms with van der Waals surface area (Å²) >= 11 is 6.13. The van der Waals surface area contributed by atoms with Gasteiger partial charge in [0, 0.05) is 18.7 Å². The zero-order valence-corrected chi connectivity index (χ0v) is 18.9. The maximum absolute atomic E-state index is 13.9. The number of aromatic nitrogens is 2. The molecule has 1 N–H and O–H groups in total. The van der Waals surface area contributed by atoms with Gasteiger partial charge in [-0.1, -0.05) is 23.7 Å². The molecule has 0 bridgehead atoms. The van der Waals surface area contributed by atoms with E-state index < -0.39 is 31.0 Å². The molecule has 3 rings (SSSR count). The third-order valence-electron chi connectivity index (χ3n) is 4.83. The Balaban J connectivity index is 1.74.